The van der Waals surface area contributed by atoms with Crippen molar-refractivity contribution in [2.45, 2.75) is 32.2 Å². The van der Waals surface area contributed by atoms with E-state index >= 15 is 0 Å². The molecule has 0 amide bonds. The highest BCUT2D eigenvalue weighted by atomic mass is 16.4. The van der Waals surface area contributed by atoms with Crippen LogP contribution in [0.3, 0.4) is 0 Å². The van der Waals surface area contributed by atoms with Gasteiger partial charge in [0.05, 0.1) is 5.69 Å². The van der Waals surface area contributed by atoms with E-state index in [0.29, 0.717) is 30.0 Å². The van der Waals surface area contributed by atoms with Crippen molar-refractivity contribution in [2.24, 2.45) is 7.05 Å². The van der Waals surface area contributed by atoms with Crippen LogP contribution in [0.1, 0.15) is 31.0 Å². The summed E-state index contributed by atoms with van der Waals surface area (Å²) in [5.74, 6) is -0.250. The fourth-order valence-corrected chi connectivity index (χ4v) is 2.61. The van der Waals surface area contributed by atoms with Gasteiger partial charge in [0, 0.05) is 13.6 Å². The third kappa shape index (κ3) is 1.55. The van der Waals surface area contributed by atoms with Gasteiger partial charge in [0.2, 0.25) is 0 Å². The number of hydrogen-bond acceptors (Lipinski definition) is 4. The summed E-state index contributed by atoms with van der Waals surface area (Å²) < 4.78 is 1.60. The zero-order valence-corrected chi connectivity index (χ0v) is 10.8. The van der Waals surface area contributed by atoms with E-state index in [2.05, 4.69) is 11.2 Å². The summed E-state index contributed by atoms with van der Waals surface area (Å²) in [6.07, 6.45) is 1.38. The Morgan fingerprint density at radius 1 is 1.61 bits per heavy atom. The Bertz CT molecular complexity index is 543. The summed E-state index contributed by atoms with van der Waals surface area (Å²) in [5.41, 5.74) is 0.146. The maximum Gasteiger partial charge on any atom is 0.329 e. The quantitative estimate of drug-likeness (QED) is 0.845. The molecule has 96 valence electrons. The van der Waals surface area contributed by atoms with Crippen LogP contribution in [-0.4, -0.2) is 32.9 Å². The lowest BCUT2D eigenvalue weighted by Crippen LogP contribution is -2.49. The second-order valence-electron chi connectivity index (χ2n) is 4.85. The molecule has 1 atom stereocenters. The van der Waals surface area contributed by atoms with Gasteiger partial charge in [-0.3, -0.25) is 4.68 Å². The molecule has 0 spiro atoms. The Kier molecular flexibility index (Phi) is 2.77. The van der Waals surface area contributed by atoms with Crippen molar-refractivity contribution in [3.05, 3.63) is 11.3 Å². The number of carboxylic acids is 1. The van der Waals surface area contributed by atoms with E-state index in [-0.39, 0.29) is 0 Å². The normalized spacial score (nSPS) is 23.1. The molecule has 1 saturated heterocycles. The van der Waals surface area contributed by atoms with Crippen molar-refractivity contribution < 1.29 is 9.90 Å². The van der Waals surface area contributed by atoms with Crippen LogP contribution in [0.25, 0.3) is 0 Å². The Morgan fingerprint density at radius 3 is 2.83 bits per heavy atom. The molecule has 6 nitrogen and oxygen atoms in total. The first-order valence-corrected chi connectivity index (χ1v) is 5.86. The monoisotopic (exact) mass is 248 g/mol. The van der Waals surface area contributed by atoms with Crippen molar-refractivity contribution in [2.75, 3.05) is 11.4 Å². The zero-order chi connectivity index (χ0) is 13.5. The van der Waals surface area contributed by atoms with Gasteiger partial charge in [-0.15, -0.1) is 0 Å². The minimum Gasteiger partial charge on any atom is -0.480 e. The maximum absolute atomic E-state index is 11.5. The van der Waals surface area contributed by atoms with Crippen LogP contribution >= 0.6 is 0 Å². The van der Waals surface area contributed by atoms with E-state index < -0.39 is 11.5 Å². The molecule has 2 rings (SSSR count). The van der Waals surface area contributed by atoms with Gasteiger partial charge < -0.3 is 10.0 Å². The van der Waals surface area contributed by atoms with Crippen molar-refractivity contribution >= 4 is 11.8 Å². The lowest BCUT2D eigenvalue weighted by molar-refractivity contribution is -0.142. The van der Waals surface area contributed by atoms with E-state index in [1.54, 1.807) is 30.5 Å². The van der Waals surface area contributed by atoms with Gasteiger partial charge in [0.1, 0.15) is 23.0 Å². The molecule has 18 heavy (non-hydrogen) atoms. The fourth-order valence-electron chi connectivity index (χ4n) is 2.61. The van der Waals surface area contributed by atoms with E-state index in [9.17, 15) is 15.2 Å². The van der Waals surface area contributed by atoms with Crippen LogP contribution in [0.15, 0.2) is 0 Å². The SMILES string of the molecule is Cc1nn(C)c(N2CCCC2(C)C(=O)O)c1C#N. The van der Waals surface area contributed by atoms with Crippen LogP contribution in [0.2, 0.25) is 0 Å². The Balaban J connectivity index is 2.56. The molecule has 0 aliphatic carbocycles. The molecular formula is C12H16N4O2. The predicted molar refractivity (Wildman–Crippen MR) is 65.3 cm³/mol. The second-order valence-corrected chi connectivity index (χ2v) is 4.85. The smallest absolute Gasteiger partial charge is 0.329 e. The minimum absolute atomic E-state index is 0.465. The lowest BCUT2D eigenvalue weighted by Gasteiger charge is -2.32. The average molecular weight is 248 g/mol. The van der Waals surface area contributed by atoms with Crippen molar-refractivity contribution in [1.82, 2.24) is 9.78 Å². The number of aryl methyl sites for hydroxylation is 2. The fraction of sp³-hybridized carbons (Fsp3) is 0.583. The molecular weight excluding hydrogens is 232 g/mol. The van der Waals surface area contributed by atoms with Gasteiger partial charge in [-0.1, -0.05) is 0 Å². The molecule has 0 bridgehead atoms. The third-order valence-corrected chi connectivity index (χ3v) is 3.66. The first-order valence-electron chi connectivity index (χ1n) is 5.86. The summed E-state index contributed by atoms with van der Waals surface area (Å²) in [5, 5.41) is 22.8. The Morgan fingerprint density at radius 2 is 2.28 bits per heavy atom. The number of aromatic nitrogens is 2. The van der Waals surface area contributed by atoms with Gasteiger partial charge in [-0.05, 0) is 26.7 Å². The molecule has 6 heteroatoms. The number of anilines is 1. The number of aliphatic carboxylic acids is 1. The molecule has 1 aliphatic heterocycles. The summed E-state index contributed by atoms with van der Waals surface area (Å²) in [4.78, 5) is 13.3. The van der Waals surface area contributed by atoms with Crippen molar-refractivity contribution in [1.29, 1.82) is 5.26 Å². The molecule has 1 unspecified atom stereocenters. The number of nitriles is 1. The number of rotatable bonds is 2. The second kappa shape index (κ2) is 4.02. The Labute approximate surface area is 105 Å². The average Bonchev–Trinajstić information content (AvgIpc) is 2.80. The molecule has 1 aliphatic rings. The predicted octanol–water partition coefficient (Wildman–Crippen LogP) is 1.04. The largest absolute Gasteiger partial charge is 0.480 e. The van der Waals surface area contributed by atoms with Crippen LogP contribution < -0.4 is 4.90 Å². The van der Waals surface area contributed by atoms with Gasteiger partial charge in [0.25, 0.3) is 0 Å². The van der Waals surface area contributed by atoms with Gasteiger partial charge in [0.15, 0.2) is 0 Å². The lowest BCUT2D eigenvalue weighted by atomic mass is 9.99. The number of carbonyl (C=O) groups is 1. The molecule has 1 fully saturated rings. The topological polar surface area (TPSA) is 82.2 Å². The number of nitrogens with zero attached hydrogens (tertiary/aromatic N) is 4. The van der Waals surface area contributed by atoms with Gasteiger partial charge in [-0.25, -0.2) is 4.79 Å². The summed E-state index contributed by atoms with van der Waals surface area (Å²) in [6, 6.07) is 2.12. The first kappa shape index (κ1) is 12.4. The Hall–Kier alpha value is -2.03. The van der Waals surface area contributed by atoms with Crippen LogP contribution in [0.4, 0.5) is 5.82 Å². The van der Waals surface area contributed by atoms with Crippen LogP contribution in [0.5, 0.6) is 0 Å². The van der Waals surface area contributed by atoms with E-state index in [1.807, 2.05) is 0 Å². The van der Waals surface area contributed by atoms with Crippen molar-refractivity contribution in [3.8, 4) is 6.07 Å². The summed E-state index contributed by atoms with van der Waals surface area (Å²) in [6.45, 7) is 4.10. The van der Waals surface area contributed by atoms with Crippen molar-refractivity contribution in [3.63, 3.8) is 0 Å². The molecule has 1 aromatic heterocycles. The number of carboxylic acid groups (broad SMARTS) is 1. The van der Waals surface area contributed by atoms with E-state index in [1.165, 1.54) is 0 Å². The molecule has 2 heterocycles. The molecule has 0 radical (unpaired) electrons. The van der Waals surface area contributed by atoms with Gasteiger partial charge >= 0.3 is 5.97 Å². The van der Waals surface area contributed by atoms with Crippen LogP contribution in [-0.2, 0) is 11.8 Å². The highest BCUT2D eigenvalue weighted by Crippen LogP contribution is 2.36. The molecule has 0 aromatic carbocycles. The van der Waals surface area contributed by atoms with E-state index in [4.69, 9.17) is 0 Å². The maximum atomic E-state index is 11.5. The highest BCUT2D eigenvalue weighted by Gasteiger charge is 2.45. The van der Waals surface area contributed by atoms with Crippen LogP contribution in [0, 0.1) is 18.3 Å². The standard InChI is InChI=1S/C12H16N4O2/c1-8-9(7-13)10(15(3)14-8)16-6-4-5-12(16,2)11(17)18/h4-6H2,1-3H3,(H,17,18). The van der Waals surface area contributed by atoms with E-state index in [0.717, 1.165) is 6.42 Å². The summed E-state index contributed by atoms with van der Waals surface area (Å²) in [7, 11) is 1.74. The minimum atomic E-state index is -0.953. The third-order valence-electron chi connectivity index (χ3n) is 3.66. The molecule has 1 aromatic rings. The summed E-state index contributed by atoms with van der Waals surface area (Å²) >= 11 is 0. The van der Waals surface area contributed by atoms with Gasteiger partial charge in [-0.2, -0.15) is 10.4 Å². The first-order chi connectivity index (χ1) is 8.41. The number of hydrogen-bond donors (Lipinski definition) is 1. The highest BCUT2D eigenvalue weighted by molar-refractivity contribution is 5.84. The molecule has 0 saturated carbocycles. The molecule has 1 N–H and O–H groups in total. The zero-order valence-electron chi connectivity index (χ0n) is 10.8.